The minimum absolute atomic E-state index is 0.124. The molecule has 0 radical (unpaired) electrons. The van der Waals surface area contributed by atoms with Gasteiger partial charge in [-0.1, -0.05) is 18.2 Å². The van der Waals surface area contributed by atoms with Crippen molar-refractivity contribution in [2.24, 2.45) is 0 Å². The first-order valence-corrected chi connectivity index (χ1v) is 6.16. The second-order valence-electron chi connectivity index (χ2n) is 4.72. The lowest BCUT2D eigenvalue weighted by Gasteiger charge is -2.11. The fourth-order valence-electron chi connectivity index (χ4n) is 2.10. The summed E-state index contributed by atoms with van der Waals surface area (Å²) in [6, 6.07) is 10.8. The Balaban J connectivity index is 2.28. The fraction of sp³-hybridized carbons (Fsp3) is 0.188. The lowest BCUT2D eigenvalue weighted by Crippen LogP contribution is -2.15. The summed E-state index contributed by atoms with van der Waals surface area (Å²) < 4.78 is 0. The molecule has 2 aromatic rings. The molecule has 2 N–H and O–H groups in total. The molecule has 0 heterocycles. The number of phenols is 1. The molecule has 0 aliphatic carbocycles. The third-order valence-electron chi connectivity index (χ3n) is 3.16. The van der Waals surface area contributed by atoms with Gasteiger partial charge in [-0.2, -0.15) is 0 Å². The highest BCUT2D eigenvalue weighted by Crippen LogP contribution is 2.21. The van der Waals surface area contributed by atoms with Gasteiger partial charge in [0.15, 0.2) is 0 Å². The van der Waals surface area contributed by atoms with E-state index < -0.39 is 0 Å². The molecule has 0 unspecified atom stereocenters. The van der Waals surface area contributed by atoms with E-state index in [1.165, 1.54) is 0 Å². The van der Waals surface area contributed by atoms with Crippen LogP contribution in [-0.2, 0) is 0 Å². The van der Waals surface area contributed by atoms with Crippen LogP contribution in [0.4, 0.5) is 5.69 Å². The van der Waals surface area contributed by atoms with E-state index in [0.717, 1.165) is 16.7 Å². The van der Waals surface area contributed by atoms with Gasteiger partial charge in [-0.15, -0.1) is 0 Å². The Morgan fingerprint density at radius 3 is 2.21 bits per heavy atom. The van der Waals surface area contributed by atoms with E-state index in [-0.39, 0.29) is 11.7 Å². The highest BCUT2D eigenvalue weighted by atomic mass is 16.3. The Morgan fingerprint density at radius 1 is 1.00 bits per heavy atom. The zero-order valence-corrected chi connectivity index (χ0v) is 11.3. The number of aryl methyl sites for hydroxylation is 3. The van der Waals surface area contributed by atoms with Gasteiger partial charge in [-0.05, 0) is 55.7 Å². The number of carbonyl (C=O) groups excluding carboxylic acids is 1. The van der Waals surface area contributed by atoms with Crippen LogP contribution in [0.2, 0.25) is 0 Å². The minimum Gasteiger partial charge on any atom is -0.508 e. The Morgan fingerprint density at radius 2 is 1.63 bits per heavy atom. The maximum atomic E-state index is 12.3. The van der Waals surface area contributed by atoms with Crippen molar-refractivity contribution in [1.82, 2.24) is 0 Å². The molecule has 3 heteroatoms. The molecule has 98 valence electrons. The second-order valence-corrected chi connectivity index (χ2v) is 4.72. The summed E-state index contributed by atoms with van der Waals surface area (Å²) in [6.45, 7) is 5.64. The molecule has 2 aromatic carbocycles. The van der Waals surface area contributed by atoms with Crippen molar-refractivity contribution < 1.29 is 9.90 Å². The third-order valence-corrected chi connectivity index (χ3v) is 3.16. The predicted molar refractivity (Wildman–Crippen MR) is 76.7 cm³/mol. The van der Waals surface area contributed by atoms with Gasteiger partial charge in [0.1, 0.15) is 5.75 Å². The van der Waals surface area contributed by atoms with Crippen LogP contribution in [0.3, 0.4) is 0 Å². The van der Waals surface area contributed by atoms with Crippen LogP contribution >= 0.6 is 0 Å². The van der Waals surface area contributed by atoms with Crippen LogP contribution in [0.25, 0.3) is 0 Å². The summed E-state index contributed by atoms with van der Waals surface area (Å²) in [6.07, 6.45) is 0. The maximum Gasteiger partial charge on any atom is 0.256 e. The molecule has 0 atom stereocenters. The summed E-state index contributed by atoms with van der Waals surface area (Å²) >= 11 is 0. The normalized spacial score (nSPS) is 10.3. The van der Waals surface area contributed by atoms with Gasteiger partial charge < -0.3 is 10.4 Å². The number of benzene rings is 2. The molecule has 19 heavy (non-hydrogen) atoms. The van der Waals surface area contributed by atoms with Gasteiger partial charge in [0, 0.05) is 11.3 Å². The van der Waals surface area contributed by atoms with E-state index in [4.69, 9.17) is 0 Å². The van der Waals surface area contributed by atoms with E-state index in [0.29, 0.717) is 11.3 Å². The van der Waals surface area contributed by atoms with Gasteiger partial charge >= 0.3 is 0 Å². The monoisotopic (exact) mass is 255 g/mol. The van der Waals surface area contributed by atoms with Crippen LogP contribution in [0.15, 0.2) is 36.4 Å². The molecule has 0 fully saturated rings. The second kappa shape index (κ2) is 5.14. The van der Waals surface area contributed by atoms with Crippen molar-refractivity contribution in [3.05, 3.63) is 58.7 Å². The number of hydrogen-bond acceptors (Lipinski definition) is 2. The van der Waals surface area contributed by atoms with Crippen molar-refractivity contribution in [1.29, 1.82) is 0 Å². The van der Waals surface area contributed by atoms with Crippen molar-refractivity contribution in [2.45, 2.75) is 20.8 Å². The van der Waals surface area contributed by atoms with E-state index in [9.17, 15) is 9.90 Å². The van der Waals surface area contributed by atoms with Crippen molar-refractivity contribution in [3.8, 4) is 5.75 Å². The molecule has 0 aliphatic heterocycles. The lowest BCUT2D eigenvalue weighted by atomic mass is 10.0. The Labute approximate surface area is 112 Å². The Bertz CT molecular complexity index is 612. The molecule has 2 rings (SSSR count). The number of anilines is 1. The molecule has 0 spiro atoms. The quantitative estimate of drug-likeness (QED) is 0.806. The number of hydrogen-bond donors (Lipinski definition) is 2. The van der Waals surface area contributed by atoms with Gasteiger partial charge in [0.2, 0.25) is 0 Å². The molecule has 0 bridgehead atoms. The van der Waals surface area contributed by atoms with E-state index in [1.54, 1.807) is 25.1 Å². The molecule has 0 saturated carbocycles. The standard InChI is InChI=1S/C16H17NO2/c1-10-5-4-6-11(2)15(10)16(19)17-13-7-8-14(18)12(3)9-13/h4-9,18H,1-3H3,(H,17,19). The average Bonchev–Trinajstić information content (AvgIpc) is 2.33. The maximum absolute atomic E-state index is 12.3. The summed E-state index contributed by atoms with van der Waals surface area (Å²) in [7, 11) is 0. The highest BCUT2D eigenvalue weighted by Gasteiger charge is 2.12. The lowest BCUT2D eigenvalue weighted by molar-refractivity contribution is 0.102. The minimum atomic E-state index is -0.124. The number of carbonyl (C=O) groups is 1. The first kappa shape index (κ1) is 13.1. The summed E-state index contributed by atoms with van der Waals surface area (Å²) in [5.74, 6) is 0.103. The number of aromatic hydroxyl groups is 1. The smallest absolute Gasteiger partial charge is 0.256 e. The highest BCUT2D eigenvalue weighted by molar-refractivity contribution is 6.06. The van der Waals surface area contributed by atoms with Gasteiger partial charge in [-0.3, -0.25) is 4.79 Å². The van der Waals surface area contributed by atoms with Crippen LogP contribution in [0.5, 0.6) is 5.75 Å². The molecule has 1 amide bonds. The van der Waals surface area contributed by atoms with Crippen LogP contribution in [0, 0.1) is 20.8 Å². The van der Waals surface area contributed by atoms with E-state index in [2.05, 4.69) is 5.32 Å². The van der Waals surface area contributed by atoms with Crippen molar-refractivity contribution >= 4 is 11.6 Å². The van der Waals surface area contributed by atoms with Gasteiger partial charge in [0.05, 0.1) is 0 Å². The SMILES string of the molecule is Cc1cc(NC(=O)c2c(C)cccc2C)ccc1O. The number of amides is 1. The topological polar surface area (TPSA) is 49.3 Å². The number of rotatable bonds is 2. The average molecular weight is 255 g/mol. The largest absolute Gasteiger partial charge is 0.508 e. The van der Waals surface area contributed by atoms with Crippen molar-refractivity contribution in [3.63, 3.8) is 0 Å². The molecular formula is C16H17NO2. The summed E-state index contributed by atoms with van der Waals surface area (Å²) in [4.78, 5) is 12.3. The Hall–Kier alpha value is -2.29. The predicted octanol–water partition coefficient (Wildman–Crippen LogP) is 3.57. The van der Waals surface area contributed by atoms with Gasteiger partial charge in [-0.25, -0.2) is 0 Å². The van der Waals surface area contributed by atoms with E-state index >= 15 is 0 Å². The van der Waals surface area contributed by atoms with Crippen LogP contribution in [-0.4, -0.2) is 11.0 Å². The van der Waals surface area contributed by atoms with E-state index in [1.807, 2.05) is 32.0 Å². The fourth-order valence-corrected chi connectivity index (χ4v) is 2.10. The van der Waals surface area contributed by atoms with Crippen LogP contribution in [0.1, 0.15) is 27.0 Å². The van der Waals surface area contributed by atoms with Crippen LogP contribution < -0.4 is 5.32 Å². The van der Waals surface area contributed by atoms with Crippen molar-refractivity contribution in [2.75, 3.05) is 5.32 Å². The molecule has 0 aromatic heterocycles. The first-order chi connectivity index (χ1) is 8.99. The number of nitrogens with one attached hydrogen (secondary N) is 1. The first-order valence-electron chi connectivity index (χ1n) is 6.16. The third kappa shape index (κ3) is 2.76. The Kier molecular flexibility index (Phi) is 3.56. The summed E-state index contributed by atoms with van der Waals surface area (Å²) in [5, 5.41) is 12.3. The number of phenolic OH excluding ortho intramolecular Hbond substituents is 1. The molecule has 3 nitrogen and oxygen atoms in total. The zero-order chi connectivity index (χ0) is 14.0. The van der Waals surface area contributed by atoms with Gasteiger partial charge in [0.25, 0.3) is 5.91 Å². The molecular weight excluding hydrogens is 238 g/mol. The molecule has 0 aliphatic rings. The zero-order valence-electron chi connectivity index (χ0n) is 11.3. The summed E-state index contributed by atoms with van der Waals surface area (Å²) in [5.41, 5.74) is 4.02. The molecule has 0 saturated heterocycles.